The van der Waals surface area contributed by atoms with Crippen molar-refractivity contribution in [3.05, 3.63) is 50.5 Å². The summed E-state index contributed by atoms with van der Waals surface area (Å²) in [5.74, 6) is 1.53. The zero-order valence-corrected chi connectivity index (χ0v) is 19.1. The molecular weight excluding hydrogens is 451 g/mol. The summed E-state index contributed by atoms with van der Waals surface area (Å²) in [5.41, 5.74) is 1.70. The molecule has 0 spiro atoms. The highest BCUT2D eigenvalue weighted by Crippen LogP contribution is 2.39. The number of rotatable bonds is 7. The lowest BCUT2D eigenvalue weighted by Crippen LogP contribution is -2.42. The largest absolute Gasteiger partial charge is 0.376 e. The Hall–Kier alpha value is -2.13. The topological polar surface area (TPSA) is 96.9 Å². The smallest absolute Gasteiger partial charge is 0.278 e. The molecule has 1 aliphatic carbocycles. The summed E-state index contributed by atoms with van der Waals surface area (Å²) in [6.45, 7) is 3.89. The van der Waals surface area contributed by atoms with Crippen LogP contribution in [-0.2, 0) is 17.8 Å². The van der Waals surface area contributed by atoms with Crippen LogP contribution in [0.15, 0.2) is 29.3 Å². The van der Waals surface area contributed by atoms with Crippen molar-refractivity contribution >= 4 is 40.3 Å². The van der Waals surface area contributed by atoms with Gasteiger partial charge in [-0.2, -0.15) is 4.98 Å². The van der Waals surface area contributed by atoms with Crippen molar-refractivity contribution in [2.45, 2.75) is 38.5 Å². The Kier molecular flexibility index (Phi) is 6.37. The first-order valence-electron chi connectivity index (χ1n) is 11.0. The summed E-state index contributed by atoms with van der Waals surface area (Å²) >= 11 is 12.0. The molecule has 0 radical (unpaired) electrons. The van der Waals surface area contributed by atoms with E-state index >= 15 is 0 Å². The maximum atomic E-state index is 12.8. The molecule has 5 rings (SSSR count). The summed E-state index contributed by atoms with van der Waals surface area (Å²) in [6.07, 6.45) is 5.48. The van der Waals surface area contributed by atoms with Gasteiger partial charge in [0.1, 0.15) is 0 Å². The first-order valence-corrected chi connectivity index (χ1v) is 11.8. The zero-order chi connectivity index (χ0) is 22.1. The second-order valence-electron chi connectivity index (χ2n) is 8.62. The van der Waals surface area contributed by atoms with Crippen LogP contribution in [0, 0.1) is 11.8 Å². The Labute approximate surface area is 195 Å². The van der Waals surface area contributed by atoms with Gasteiger partial charge in [-0.15, -0.1) is 0 Å². The Morgan fingerprint density at radius 3 is 2.84 bits per heavy atom. The van der Waals surface area contributed by atoms with Crippen LogP contribution in [0.25, 0.3) is 11.2 Å². The number of hydrogen-bond acceptors (Lipinski definition) is 6. The van der Waals surface area contributed by atoms with Crippen molar-refractivity contribution in [3.8, 4) is 0 Å². The van der Waals surface area contributed by atoms with Gasteiger partial charge >= 0.3 is 0 Å². The van der Waals surface area contributed by atoms with Crippen LogP contribution in [0.4, 0.5) is 5.95 Å². The van der Waals surface area contributed by atoms with Gasteiger partial charge in [-0.1, -0.05) is 29.3 Å². The van der Waals surface area contributed by atoms with Crippen molar-refractivity contribution in [2.24, 2.45) is 11.8 Å². The van der Waals surface area contributed by atoms with E-state index in [1.165, 1.54) is 12.8 Å². The highest BCUT2D eigenvalue weighted by Gasteiger charge is 2.34. The van der Waals surface area contributed by atoms with Gasteiger partial charge < -0.3 is 19.9 Å². The molecule has 2 fully saturated rings. The lowest BCUT2D eigenvalue weighted by molar-refractivity contribution is -0.00950. The minimum atomic E-state index is -0.195. The quantitative estimate of drug-likeness (QED) is 0.483. The molecular formula is C22H26Cl2N6O2. The number of benzene rings is 1. The second kappa shape index (κ2) is 9.39. The maximum absolute atomic E-state index is 12.8. The van der Waals surface area contributed by atoms with E-state index in [0.717, 1.165) is 38.2 Å². The molecule has 1 aliphatic heterocycles. The number of nitrogens with zero attached hydrogens (tertiary/aromatic N) is 3. The minimum Gasteiger partial charge on any atom is -0.376 e. The average molecular weight is 477 g/mol. The number of morpholine rings is 1. The molecule has 3 N–H and O–H groups in total. The van der Waals surface area contributed by atoms with Gasteiger partial charge in [0.15, 0.2) is 11.2 Å². The van der Waals surface area contributed by atoms with E-state index in [2.05, 4.69) is 25.6 Å². The maximum Gasteiger partial charge on any atom is 0.278 e. The predicted molar refractivity (Wildman–Crippen MR) is 125 cm³/mol. The number of imidazole rings is 1. The molecule has 2 aromatic heterocycles. The van der Waals surface area contributed by atoms with E-state index in [9.17, 15) is 4.79 Å². The Morgan fingerprint density at radius 2 is 2.09 bits per heavy atom. The fourth-order valence-corrected chi connectivity index (χ4v) is 4.91. The number of halogens is 2. The van der Waals surface area contributed by atoms with Crippen LogP contribution in [0.5, 0.6) is 0 Å². The van der Waals surface area contributed by atoms with Crippen molar-refractivity contribution < 1.29 is 4.74 Å². The molecule has 0 bridgehead atoms. The molecule has 10 heteroatoms. The molecule has 32 heavy (non-hydrogen) atoms. The lowest BCUT2D eigenvalue weighted by Gasteiger charge is -2.39. The second-order valence-corrected chi connectivity index (χ2v) is 9.43. The summed E-state index contributed by atoms with van der Waals surface area (Å²) in [6, 6.07) is 5.40. The number of ether oxygens (including phenoxy) is 1. The zero-order valence-electron chi connectivity index (χ0n) is 17.6. The van der Waals surface area contributed by atoms with Crippen LogP contribution in [0.1, 0.15) is 24.8 Å². The molecule has 170 valence electrons. The highest BCUT2D eigenvalue weighted by molar-refractivity contribution is 6.42. The Morgan fingerprint density at radius 1 is 1.22 bits per heavy atom. The predicted octanol–water partition coefficient (Wildman–Crippen LogP) is 3.44. The molecule has 2 aliphatic rings. The lowest BCUT2D eigenvalue weighted by atomic mass is 9.71. The molecule has 3 unspecified atom stereocenters. The van der Waals surface area contributed by atoms with E-state index < -0.39 is 0 Å². The Bertz CT molecular complexity index is 1160. The highest BCUT2D eigenvalue weighted by atomic mass is 35.5. The summed E-state index contributed by atoms with van der Waals surface area (Å²) < 4.78 is 7.82. The fourth-order valence-electron chi connectivity index (χ4n) is 4.59. The number of H-pyrrole nitrogens is 1. The summed E-state index contributed by atoms with van der Waals surface area (Å²) in [7, 11) is 0. The van der Waals surface area contributed by atoms with Crippen LogP contribution in [0.3, 0.4) is 0 Å². The first kappa shape index (κ1) is 21.7. The number of aromatic amines is 1. The fraction of sp³-hybridized carbons (Fsp3) is 0.500. The SMILES string of the molecule is O=c1[nH]c(NCc2ccc(Cl)c(Cl)c2)nc2ncn(CC3CCC3CC3CNCCO3)c12. The average Bonchev–Trinajstić information content (AvgIpc) is 3.20. The number of nitrogens with one attached hydrogen (secondary N) is 3. The Balaban J connectivity index is 1.25. The summed E-state index contributed by atoms with van der Waals surface area (Å²) in [5, 5.41) is 7.52. The normalized spacial score (nSPS) is 23.2. The third-order valence-electron chi connectivity index (χ3n) is 6.50. The van der Waals surface area contributed by atoms with Crippen molar-refractivity contribution in [2.75, 3.05) is 25.0 Å². The molecule has 1 aromatic carbocycles. The van der Waals surface area contributed by atoms with Gasteiger partial charge in [0.05, 0.1) is 29.1 Å². The number of anilines is 1. The van der Waals surface area contributed by atoms with Crippen LogP contribution >= 0.6 is 23.2 Å². The van der Waals surface area contributed by atoms with Gasteiger partial charge in [0, 0.05) is 26.2 Å². The van der Waals surface area contributed by atoms with E-state index in [1.54, 1.807) is 18.5 Å². The van der Waals surface area contributed by atoms with Crippen LogP contribution in [0.2, 0.25) is 10.0 Å². The standard InChI is InChI=1S/C22H26Cl2N6O2/c23-17-4-1-13(7-18(17)24)9-26-22-28-20-19(21(31)29-22)30(12-27-20)11-15-3-2-14(15)8-16-10-25-5-6-32-16/h1,4,7,12,14-16,25H,2-3,5-6,8-11H2,(H2,26,28,29,31). The van der Waals surface area contributed by atoms with Crippen molar-refractivity contribution in [3.63, 3.8) is 0 Å². The third-order valence-corrected chi connectivity index (χ3v) is 7.24. The molecule has 1 saturated heterocycles. The van der Waals surface area contributed by atoms with Gasteiger partial charge in [-0.3, -0.25) is 9.78 Å². The van der Waals surface area contributed by atoms with E-state index in [-0.39, 0.29) is 5.56 Å². The monoisotopic (exact) mass is 476 g/mol. The van der Waals surface area contributed by atoms with Gasteiger partial charge in [-0.05, 0) is 48.8 Å². The van der Waals surface area contributed by atoms with Crippen molar-refractivity contribution in [1.29, 1.82) is 0 Å². The summed E-state index contributed by atoms with van der Waals surface area (Å²) in [4.78, 5) is 24.5. The van der Waals surface area contributed by atoms with Crippen LogP contribution < -0.4 is 16.2 Å². The first-order chi connectivity index (χ1) is 15.6. The van der Waals surface area contributed by atoms with Crippen LogP contribution in [-0.4, -0.2) is 45.3 Å². The minimum absolute atomic E-state index is 0.195. The van der Waals surface area contributed by atoms with Gasteiger partial charge in [0.2, 0.25) is 5.95 Å². The van der Waals surface area contributed by atoms with Crippen molar-refractivity contribution in [1.82, 2.24) is 24.8 Å². The molecule has 3 atom stereocenters. The third kappa shape index (κ3) is 4.64. The molecule has 0 amide bonds. The van der Waals surface area contributed by atoms with Gasteiger partial charge in [0.25, 0.3) is 5.56 Å². The number of hydrogen-bond donors (Lipinski definition) is 3. The molecule has 8 nitrogen and oxygen atoms in total. The van der Waals surface area contributed by atoms with Gasteiger partial charge in [-0.25, -0.2) is 4.98 Å². The molecule has 1 saturated carbocycles. The van der Waals surface area contributed by atoms with E-state index in [1.807, 2.05) is 10.6 Å². The number of aromatic nitrogens is 4. The van der Waals surface area contributed by atoms with E-state index in [4.69, 9.17) is 27.9 Å². The van der Waals surface area contributed by atoms with E-state index in [0.29, 0.717) is 51.6 Å². The number of fused-ring (bicyclic) bond motifs is 1. The molecule has 3 heterocycles. The molecule has 3 aromatic rings.